The average Bonchev–Trinajstić information content (AvgIpc) is 2.06. The molecule has 0 bridgehead atoms. The van der Waals surface area contributed by atoms with E-state index >= 15 is 0 Å². The predicted octanol–water partition coefficient (Wildman–Crippen LogP) is 1.54. The van der Waals surface area contributed by atoms with Crippen molar-refractivity contribution in [1.29, 1.82) is 0 Å². The van der Waals surface area contributed by atoms with Crippen LogP contribution in [-0.2, 0) is 0 Å². The molecule has 1 unspecified atom stereocenters. The van der Waals surface area contributed by atoms with Gasteiger partial charge in [0.15, 0.2) is 0 Å². The van der Waals surface area contributed by atoms with Gasteiger partial charge in [-0.2, -0.15) is 0 Å². The van der Waals surface area contributed by atoms with Crippen LogP contribution in [0.3, 0.4) is 0 Å². The molecule has 0 aromatic rings. The molecule has 1 heterocycles. The molecule has 1 atom stereocenters. The van der Waals surface area contributed by atoms with Crippen molar-refractivity contribution in [3.8, 4) is 0 Å². The highest BCUT2D eigenvalue weighted by atomic mass is 19.3. The highest BCUT2D eigenvalue weighted by Crippen LogP contribution is 2.42. The fourth-order valence-electron chi connectivity index (χ4n) is 2.43. The van der Waals surface area contributed by atoms with Crippen molar-refractivity contribution in [2.24, 2.45) is 5.92 Å². The van der Waals surface area contributed by atoms with Crippen LogP contribution < -0.4 is 5.32 Å². The van der Waals surface area contributed by atoms with Gasteiger partial charge in [0.1, 0.15) is 0 Å². The van der Waals surface area contributed by atoms with Gasteiger partial charge in [0, 0.05) is 25.4 Å². The zero-order valence-corrected chi connectivity index (χ0v) is 8.23. The minimum Gasteiger partial charge on any atom is -0.387 e. The molecule has 2 fully saturated rings. The van der Waals surface area contributed by atoms with Crippen molar-refractivity contribution in [3.05, 3.63) is 0 Å². The lowest BCUT2D eigenvalue weighted by Crippen LogP contribution is -2.61. The first-order valence-corrected chi connectivity index (χ1v) is 5.33. The Balaban J connectivity index is 1.95. The first kappa shape index (κ1) is 10.3. The molecule has 1 aliphatic carbocycles. The number of rotatable bonds is 2. The first-order chi connectivity index (χ1) is 6.52. The van der Waals surface area contributed by atoms with Gasteiger partial charge in [-0.1, -0.05) is 6.42 Å². The Morgan fingerprint density at radius 1 is 1.29 bits per heavy atom. The Hall–Kier alpha value is -0.220. The minimum atomic E-state index is -2.55. The van der Waals surface area contributed by atoms with E-state index in [1.165, 1.54) is 0 Å². The zero-order valence-electron chi connectivity index (χ0n) is 8.23. The van der Waals surface area contributed by atoms with Gasteiger partial charge in [0.25, 0.3) is 5.92 Å². The maximum Gasteiger partial charge on any atom is 0.251 e. The van der Waals surface area contributed by atoms with Gasteiger partial charge >= 0.3 is 0 Å². The Bertz CT molecular complexity index is 216. The van der Waals surface area contributed by atoms with Gasteiger partial charge in [-0.15, -0.1) is 0 Å². The summed E-state index contributed by atoms with van der Waals surface area (Å²) in [5, 5.41) is 12.7. The van der Waals surface area contributed by atoms with Crippen molar-refractivity contribution in [2.75, 3.05) is 13.1 Å². The molecule has 0 amide bonds. The molecule has 0 radical (unpaired) electrons. The summed E-state index contributed by atoms with van der Waals surface area (Å²) in [6.07, 6.45) is 2.33. The third-order valence-electron chi connectivity index (χ3n) is 3.44. The summed E-state index contributed by atoms with van der Waals surface area (Å²) in [6, 6.07) is 0. The smallest absolute Gasteiger partial charge is 0.251 e. The second kappa shape index (κ2) is 3.42. The topological polar surface area (TPSA) is 32.3 Å². The molecular weight excluding hydrogens is 188 g/mol. The number of alkyl halides is 2. The van der Waals surface area contributed by atoms with E-state index in [0.717, 1.165) is 6.42 Å². The van der Waals surface area contributed by atoms with Crippen LogP contribution >= 0.6 is 0 Å². The minimum absolute atomic E-state index is 0.00117. The van der Waals surface area contributed by atoms with E-state index in [4.69, 9.17) is 0 Å². The molecule has 82 valence electrons. The molecule has 14 heavy (non-hydrogen) atoms. The van der Waals surface area contributed by atoms with Crippen LogP contribution in [0, 0.1) is 5.92 Å². The highest BCUT2D eigenvalue weighted by Gasteiger charge is 2.47. The predicted molar refractivity (Wildman–Crippen MR) is 49.3 cm³/mol. The van der Waals surface area contributed by atoms with Gasteiger partial charge < -0.3 is 10.4 Å². The second-order valence-corrected chi connectivity index (χ2v) is 4.74. The van der Waals surface area contributed by atoms with E-state index in [1.807, 2.05) is 0 Å². The van der Waals surface area contributed by atoms with Gasteiger partial charge in [0.05, 0.1) is 5.60 Å². The molecule has 0 aromatic heterocycles. The Morgan fingerprint density at radius 3 is 2.50 bits per heavy atom. The number of nitrogens with one attached hydrogen (secondary N) is 1. The van der Waals surface area contributed by atoms with Crippen molar-refractivity contribution in [2.45, 2.75) is 43.6 Å². The summed E-state index contributed by atoms with van der Waals surface area (Å²) in [5.74, 6) is -3.16. The fraction of sp³-hybridized carbons (Fsp3) is 1.00. The zero-order chi connectivity index (χ0) is 10.2. The molecule has 1 aliphatic heterocycles. The van der Waals surface area contributed by atoms with E-state index < -0.39 is 17.4 Å². The molecule has 2 nitrogen and oxygen atoms in total. The Kier molecular flexibility index (Phi) is 2.52. The van der Waals surface area contributed by atoms with Crippen LogP contribution in [0.4, 0.5) is 8.78 Å². The summed E-state index contributed by atoms with van der Waals surface area (Å²) in [4.78, 5) is 0. The van der Waals surface area contributed by atoms with Gasteiger partial charge in [0.2, 0.25) is 0 Å². The number of hydrogen-bond acceptors (Lipinski definition) is 2. The monoisotopic (exact) mass is 205 g/mol. The van der Waals surface area contributed by atoms with Crippen LogP contribution in [0.1, 0.15) is 32.1 Å². The van der Waals surface area contributed by atoms with Crippen LogP contribution in [0.2, 0.25) is 0 Å². The van der Waals surface area contributed by atoms with E-state index in [1.54, 1.807) is 0 Å². The quantitative estimate of drug-likeness (QED) is 0.716. The lowest BCUT2D eigenvalue weighted by atomic mass is 9.76. The first-order valence-electron chi connectivity index (χ1n) is 5.33. The average molecular weight is 205 g/mol. The third kappa shape index (κ3) is 1.91. The summed E-state index contributed by atoms with van der Waals surface area (Å²) in [6.45, 7) is 0.944. The van der Waals surface area contributed by atoms with Crippen LogP contribution in [-0.4, -0.2) is 29.7 Å². The summed E-state index contributed by atoms with van der Waals surface area (Å²) < 4.78 is 26.9. The van der Waals surface area contributed by atoms with Crippen LogP contribution in [0.5, 0.6) is 0 Å². The lowest BCUT2D eigenvalue weighted by molar-refractivity contribution is -0.125. The van der Waals surface area contributed by atoms with Crippen LogP contribution in [0.15, 0.2) is 0 Å². The van der Waals surface area contributed by atoms with E-state index in [2.05, 4.69) is 5.32 Å². The molecule has 0 spiro atoms. The van der Waals surface area contributed by atoms with E-state index in [9.17, 15) is 13.9 Å². The van der Waals surface area contributed by atoms with Crippen LogP contribution in [0.25, 0.3) is 0 Å². The van der Waals surface area contributed by atoms with Crippen molar-refractivity contribution < 1.29 is 13.9 Å². The fourth-order valence-corrected chi connectivity index (χ4v) is 2.43. The van der Waals surface area contributed by atoms with Gasteiger partial charge in [-0.3, -0.25) is 0 Å². The van der Waals surface area contributed by atoms with E-state index in [0.29, 0.717) is 25.9 Å². The Morgan fingerprint density at radius 2 is 2.00 bits per heavy atom. The maximum absolute atomic E-state index is 13.4. The van der Waals surface area contributed by atoms with E-state index in [-0.39, 0.29) is 12.8 Å². The molecule has 2 aliphatic rings. The second-order valence-electron chi connectivity index (χ2n) is 4.74. The van der Waals surface area contributed by atoms with Crippen molar-refractivity contribution in [1.82, 2.24) is 5.32 Å². The summed E-state index contributed by atoms with van der Waals surface area (Å²) >= 11 is 0. The number of β-amino-alcohol motifs (C(OH)–C–C–N with tert-alkyl or cyclic N) is 1. The molecule has 0 aromatic carbocycles. The number of aliphatic hydroxyl groups is 1. The number of hydrogen-bond donors (Lipinski definition) is 2. The normalized spacial score (nSPS) is 34.9. The molecular formula is C10H17F2NO. The largest absolute Gasteiger partial charge is 0.387 e. The SMILES string of the molecule is OC1(CC2CCCCC2(F)F)CNC1. The molecule has 1 saturated heterocycles. The maximum atomic E-state index is 13.4. The van der Waals surface area contributed by atoms with Crippen molar-refractivity contribution >= 4 is 0 Å². The Labute approximate surface area is 82.7 Å². The molecule has 4 heteroatoms. The molecule has 2 N–H and O–H groups in total. The van der Waals surface area contributed by atoms with Crippen molar-refractivity contribution in [3.63, 3.8) is 0 Å². The lowest BCUT2D eigenvalue weighted by Gasteiger charge is -2.43. The highest BCUT2D eigenvalue weighted by molar-refractivity contribution is 4.97. The van der Waals surface area contributed by atoms with Gasteiger partial charge in [-0.25, -0.2) is 8.78 Å². The molecule has 2 rings (SSSR count). The summed E-state index contributed by atoms with van der Waals surface area (Å²) in [5.41, 5.74) is -0.856. The van der Waals surface area contributed by atoms with Gasteiger partial charge in [-0.05, 0) is 19.3 Å². The third-order valence-corrected chi connectivity index (χ3v) is 3.44. The molecule has 1 saturated carbocycles. The standard InChI is InChI=1S/C10H17F2NO/c11-10(12)4-2-1-3-8(10)5-9(14)6-13-7-9/h8,13-14H,1-7H2. The number of halogens is 2. The summed E-state index contributed by atoms with van der Waals surface area (Å²) in [7, 11) is 0.